The normalized spacial score (nSPS) is 10.8. The molecule has 0 spiro atoms. The van der Waals surface area contributed by atoms with Crippen molar-refractivity contribution < 1.29 is 23.8 Å². The number of pyridine rings is 1. The summed E-state index contributed by atoms with van der Waals surface area (Å²) in [6.07, 6.45) is 4.77. The minimum Gasteiger partial charge on any atom is -0.481 e. The number of amides is 2. The summed E-state index contributed by atoms with van der Waals surface area (Å²) in [4.78, 5) is 32.5. The molecular weight excluding hydrogens is 458 g/mol. The highest BCUT2D eigenvalue weighted by atomic mass is 16.5. The summed E-state index contributed by atoms with van der Waals surface area (Å²) >= 11 is 0. The van der Waals surface area contributed by atoms with Crippen LogP contribution in [0.4, 0.5) is 10.5 Å². The number of esters is 1. The number of anilines is 1. The minimum atomic E-state index is -0.445. The Morgan fingerprint density at radius 3 is 2.36 bits per heavy atom. The maximum absolute atomic E-state index is 13.4. The predicted molar refractivity (Wildman–Crippen MR) is 140 cm³/mol. The van der Waals surface area contributed by atoms with Gasteiger partial charge in [0.25, 0.3) is 0 Å². The van der Waals surface area contributed by atoms with E-state index in [1.165, 1.54) is 13.2 Å². The van der Waals surface area contributed by atoms with Gasteiger partial charge in [0.15, 0.2) is 0 Å². The van der Waals surface area contributed by atoms with Gasteiger partial charge in [-0.25, -0.2) is 14.6 Å². The Morgan fingerprint density at radius 2 is 1.72 bits per heavy atom. The molecule has 36 heavy (non-hydrogen) atoms. The first kappa shape index (κ1) is 26.4. The van der Waals surface area contributed by atoms with E-state index in [-0.39, 0.29) is 6.03 Å². The summed E-state index contributed by atoms with van der Waals surface area (Å²) < 4.78 is 14.9. The number of nitrogens with zero attached hydrogens (tertiary/aromatic N) is 3. The molecule has 0 N–H and O–H groups in total. The average molecular weight is 490 g/mol. The third kappa shape index (κ3) is 7.16. The molecule has 8 nitrogen and oxygen atoms in total. The molecule has 3 aromatic rings. The number of benzene rings is 2. The number of carbonyl (C=O) groups is 2. The van der Waals surface area contributed by atoms with Crippen LogP contribution in [0.15, 0.2) is 72.9 Å². The van der Waals surface area contributed by atoms with Crippen LogP contribution in [0.2, 0.25) is 0 Å². The molecule has 0 atom stereocenters. The van der Waals surface area contributed by atoms with Gasteiger partial charge in [-0.1, -0.05) is 36.4 Å². The molecule has 8 heteroatoms. The van der Waals surface area contributed by atoms with Crippen LogP contribution in [0.1, 0.15) is 11.1 Å². The third-order valence-electron chi connectivity index (χ3n) is 5.56. The van der Waals surface area contributed by atoms with Gasteiger partial charge in [0.05, 0.1) is 27.4 Å². The molecule has 0 aliphatic rings. The Balaban J connectivity index is 1.87. The summed E-state index contributed by atoms with van der Waals surface area (Å²) in [5.74, 6) is 0.116. The first-order valence-electron chi connectivity index (χ1n) is 11.4. The van der Waals surface area contributed by atoms with Crippen molar-refractivity contribution in [2.75, 3.05) is 46.4 Å². The molecule has 188 valence electrons. The molecule has 2 aromatic carbocycles. The molecular formula is C28H31N3O5. The fourth-order valence-corrected chi connectivity index (χ4v) is 3.48. The molecule has 2 amide bonds. The topological polar surface area (TPSA) is 81.2 Å². The Bertz CT molecular complexity index is 1180. The Hall–Kier alpha value is -4.17. The van der Waals surface area contributed by atoms with E-state index in [2.05, 4.69) is 9.72 Å². The van der Waals surface area contributed by atoms with Gasteiger partial charge in [0, 0.05) is 50.3 Å². The van der Waals surface area contributed by atoms with Gasteiger partial charge < -0.3 is 19.1 Å². The van der Waals surface area contributed by atoms with Gasteiger partial charge in [0.1, 0.15) is 0 Å². The number of likely N-dealkylation sites (N-methyl/N-ethyl adjacent to an activating group) is 1. The molecule has 1 heterocycles. The maximum atomic E-state index is 13.4. The molecule has 0 aliphatic heterocycles. The highest BCUT2D eigenvalue weighted by Gasteiger charge is 2.20. The molecule has 0 bridgehead atoms. The highest BCUT2D eigenvalue weighted by molar-refractivity contribution is 5.92. The van der Waals surface area contributed by atoms with E-state index in [0.29, 0.717) is 31.3 Å². The summed E-state index contributed by atoms with van der Waals surface area (Å²) in [6.45, 7) is 1.25. The van der Waals surface area contributed by atoms with Gasteiger partial charge in [-0.15, -0.1) is 0 Å². The lowest BCUT2D eigenvalue weighted by molar-refractivity contribution is -0.134. The summed E-state index contributed by atoms with van der Waals surface area (Å²) in [5, 5.41) is 0. The van der Waals surface area contributed by atoms with Gasteiger partial charge in [-0.3, -0.25) is 4.90 Å². The lowest BCUT2D eigenvalue weighted by Gasteiger charge is -2.28. The molecule has 0 saturated heterocycles. The lowest BCUT2D eigenvalue weighted by atomic mass is 10.1. The Morgan fingerprint density at radius 1 is 0.972 bits per heavy atom. The van der Waals surface area contributed by atoms with Crippen molar-refractivity contribution in [1.82, 2.24) is 9.88 Å². The molecule has 0 aliphatic carbocycles. The fourth-order valence-electron chi connectivity index (χ4n) is 3.48. The number of methoxy groups -OCH3 is 3. The lowest BCUT2D eigenvalue weighted by Crippen LogP contribution is -2.42. The number of urea groups is 1. The standard InChI is InChI=1S/C28H31N3O5/c1-30(16-17-34-2)28(33)31(25-7-5-6-21(18-25)10-15-27(32)36-4)20-22-8-11-23(12-9-22)24-13-14-26(35-3)29-19-24/h5-15,18-19H,16-17,20H2,1-4H3/b15-10+. The number of hydrogen-bond acceptors (Lipinski definition) is 6. The van der Waals surface area contributed by atoms with Crippen LogP contribution >= 0.6 is 0 Å². The van der Waals surface area contributed by atoms with Gasteiger partial charge >= 0.3 is 12.0 Å². The first-order chi connectivity index (χ1) is 17.4. The van der Waals surface area contributed by atoms with Crippen LogP contribution in [-0.2, 0) is 20.8 Å². The minimum absolute atomic E-state index is 0.162. The van der Waals surface area contributed by atoms with Crippen LogP contribution in [0.5, 0.6) is 5.88 Å². The van der Waals surface area contributed by atoms with Crippen molar-refractivity contribution in [1.29, 1.82) is 0 Å². The third-order valence-corrected chi connectivity index (χ3v) is 5.56. The highest BCUT2D eigenvalue weighted by Crippen LogP contribution is 2.24. The second-order valence-electron chi connectivity index (χ2n) is 8.02. The van der Waals surface area contributed by atoms with Crippen molar-refractivity contribution in [2.24, 2.45) is 0 Å². The van der Waals surface area contributed by atoms with E-state index in [1.54, 1.807) is 43.3 Å². The van der Waals surface area contributed by atoms with E-state index in [1.807, 2.05) is 60.7 Å². The number of aromatic nitrogens is 1. The molecule has 3 rings (SSSR count). The van der Waals surface area contributed by atoms with Crippen LogP contribution in [-0.4, -0.2) is 63.4 Å². The van der Waals surface area contributed by atoms with Gasteiger partial charge in [-0.2, -0.15) is 0 Å². The predicted octanol–water partition coefficient (Wildman–Crippen LogP) is 4.65. The molecule has 0 unspecified atom stereocenters. The van der Waals surface area contributed by atoms with E-state index in [0.717, 1.165) is 22.3 Å². The zero-order chi connectivity index (χ0) is 25.9. The van der Waals surface area contributed by atoms with E-state index in [9.17, 15) is 9.59 Å². The second kappa shape index (κ2) is 13.1. The molecule has 1 aromatic heterocycles. The molecule has 0 fully saturated rings. The average Bonchev–Trinajstić information content (AvgIpc) is 2.93. The van der Waals surface area contributed by atoms with Crippen molar-refractivity contribution in [2.45, 2.75) is 6.54 Å². The number of rotatable bonds is 10. The Kier molecular flexibility index (Phi) is 9.59. The summed E-state index contributed by atoms with van der Waals surface area (Å²) in [5.41, 5.74) is 4.43. The number of carbonyl (C=O) groups excluding carboxylic acids is 2. The van der Waals surface area contributed by atoms with E-state index >= 15 is 0 Å². The van der Waals surface area contributed by atoms with E-state index in [4.69, 9.17) is 9.47 Å². The second-order valence-corrected chi connectivity index (χ2v) is 8.02. The Labute approximate surface area is 211 Å². The zero-order valence-electron chi connectivity index (χ0n) is 21.0. The molecule has 0 saturated carbocycles. The quantitative estimate of drug-likeness (QED) is 0.305. The van der Waals surface area contributed by atoms with Crippen molar-refractivity contribution >= 4 is 23.8 Å². The largest absolute Gasteiger partial charge is 0.481 e. The monoisotopic (exact) mass is 489 g/mol. The van der Waals surface area contributed by atoms with Crippen LogP contribution in [0.25, 0.3) is 17.2 Å². The van der Waals surface area contributed by atoms with Crippen molar-refractivity contribution in [3.8, 4) is 17.0 Å². The molecule has 0 radical (unpaired) electrons. The number of ether oxygens (including phenoxy) is 3. The SMILES string of the molecule is COCCN(C)C(=O)N(Cc1ccc(-c2ccc(OC)nc2)cc1)c1cccc(/C=C/C(=O)OC)c1. The smallest absolute Gasteiger partial charge is 0.330 e. The van der Waals surface area contributed by atoms with Crippen LogP contribution < -0.4 is 9.64 Å². The summed E-state index contributed by atoms with van der Waals surface area (Å²) in [6, 6.07) is 19.1. The van der Waals surface area contributed by atoms with Crippen molar-refractivity contribution in [3.63, 3.8) is 0 Å². The van der Waals surface area contributed by atoms with E-state index < -0.39 is 5.97 Å². The summed E-state index contributed by atoms with van der Waals surface area (Å²) in [7, 11) is 6.26. The van der Waals surface area contributed by atoms with Gasteiger partial charge in [0.2, 0.25) is 5.88 Å². The van der Waals surface area contributed by atoms with Gasteiger partial charge in [-0.05, 0) is 41.0 Å². The maximum Gasteiger partial charge on any atom is 0.330 e. The fraction of sp³-hybridized carbons (Fsp3) is 0.250. The first-order valence-corrected chi connectivity index (χ1v) is 11.4. The van der Waals surface area contributed by atoms with Crippen molar-refractivity contribution in [3.05, 3.63) is 84.1 Å². The zero-order valence-corrected chi connectivity index (χ0v) is 21.0. The van der Waals surface area contributed by atoms with Crippen LogP contribution in [0, 0.1) is 0 Å². The van der Waals surface area contributed by atoms with Crippen LogP contribution in [0.3, 0.4) is 0 Å². The number of hydrogen-bond donors (Lipinski definition) is 0.